The molecule has 96 valence electrons. The lowest BCUT2D eigenvalue weighted by Crippen LogP contribution is -2.32. The Balaban J connectivity index is 2.00. The molecule has 0 fully saturated rings. The zero-order chi connectivity index (χ0) is 13.1. The van der Waals surface area contributed by atoms with Gasteiger partial charge in [-0.3, -0.25) is 4.79 Å². The molecular formula is C12H15N3O2S. The molecule has 2 aromatic rings. The van der Waals surface area contributed by atoms with Gasteiger partial charge in [-0.15, -0.1) is 0 Å². The largest absolute Gasteiger partial charge is 0.480 e. The molecule has 6 heteroatoms. The third kappa shape index (κ3) is 2.83. The number of fused-ring (bicyclic) bond motifs is 1. The minimum Gasteiger partial charge on any atom is -0.480 e. The maximum atomic E-state index is 10.6. The van der Waals surface area contributed by atoms with Crippen molar-refractivity contribution < 1.29 is 9.90 Å². The fraction of sp³-hybridized carbons (Fsp3) is 0.333. The second-order valence-corrected chi connectivity index (χ2v) is 5.14. The molecule has 1 atom stereocenters. The van der Waals surface area contributed by atoms with Crippen molar-refractivity contribution >= 4 is 23.4 Å². The Morgan fingerprint density at radius 2 is 2.44 bits per heavy atom. The van der Waals surface area contributed by atoms with Gasteiger partial charge in [0, 0.05) is 23.9 Å². The first-order valence-corrected chi connectivity index (χ1v) is 6.72. The van der Waals surface area contributed by atoms with Gasteiger partial charge in [-0.25, -0.2) is 4.98 Å². The number of hydrogen-bond acceptors (Lipinski definition) is 4. The zero-order valence-corrected chi connectivity index (χ0v) is 10.9. The van der Waals surface area contributed by atoms with Gasteiger partial charge in [0.2, 0.25) is 0 Å². The number of pyridine rings is 1. The summed E-state index contributed by atoms with van der Waals surface area (Å²) in [4.78, 5) is 15.1. The first-order chi connectivity index (χ1) is 8.58. The van der Waals surface area contributed by atoms with Gasteiger partial charge >= 0.3 is 5.97 Å². The maximum Gasteiger partial charge on any atom is 0.321 e. The van der Waals surface area contributed by atoms with Gasteiger partial charge in [-0.05, 0) is 18.6 Å². The number of nitrogens with two attached hydrogens (primary N) is 1. The van der Waals surface area contributed by atoms with Crippen LogP contribution >= 0.6 is 11.8 Å². The minimum absolute atomic E-state index is 0.391. The number of carboxylic acids is 1. The SMILES string of the molecule is Cc1cccn2cc(CSC[C@H](N)C(=O)O)nc12. The number of hydrogen-bond donors (Lipinski definition) is 2. The zero-order valence-electron chi connectivity index (χ0n) is 10.0. The number of imidazole rings is 1. The molecule has 2 aromatic heterocycles. The highest BCUT2D eigenvalue weighted by atomic mass is 32.2. The average Bonchev–Trinajstić information content (AvgIpc) is 2.73. The molecule has 2 heterocycles. The van der Waals surface area contributed by atoms with Crippen molar-refractivity contribution in [3.63, 3.8) is 0 Å². The van der Waals surface area contributed by atoms with Crippen molar-refractivity contribution in [1.82, 2.24) is 9.38 Å². The smallest absolute Gasteiger partial charge is 0.321 e. The second kappa shape index (κ2) is 5.41. The fourth-order valence-corrected chi connectivity index (χ4v) is 2.50. The molecule has 5 nitrogen and oxygen atoms in total. The highest BCUT2D eigenvalue weighted by Gasteiger charge is 2.11. The van der Waals surface area contributed by atoms with E-state index in [9.17, 15) is 4.79 Å². The fourth-order valence-electron chi connectivity index (χ4n) is 1.64. The van der Waals surface area contributed by atoms with Crippen molar-refractivity contribution in [1.29, 1.82) is 0 Å². The van der Waals surface area contributed by atoms with E-state index in [1.165, 1.54) is 11.8 Å². The van der Waals surface area contributed by atoms with Crippen LogP contribution in [-0.4, -0.2) is 32.3 Å². The molecule has 0 saturated heterocycles. The quantitative estimate of drug-likeness (QED) is 0.851. The lowest BCUT2D eigenvalue weighted by molar-refractivity contribution is -0.137. The molecule has 3 N–H and O–H groups in total. The number of aryl methyl sites for hydroxylation is 1. The summed E-state index contributed by atoms with van der Waals surface area (Å²) in [6.45, 7) is 2.01. The monoisotopic (exact) mass is 265 g/mol. The van der Waals surface area contributed by atoms with Crippen LogP contribution in [0.3, 0.4) is 0 Å². The van der Waals surface area contributed by atoms with Crippen LogP contribution in [0.25, 0.3) is 5.65 Å². The van der Waals surface area contributed by atoms with Crippen molar-refractivity contribution in [3.05, 3.63) is 35.8 Å². The lowest BCUT2D eigenvalue weighted by Gasteiger charge is -2.03. The molecule has 0 aliphatic rings. The van der Waals surface area contributed by atoms with Gasteiger partial charge in [0.25, 0.3) is 0 Å². The molecule has 0 bridgehead atoms. The molecule has 0 aliphatic carbocycles. The third-order valence-corrected chi connectivity index (χ3v) is 3.69. The van der Waals surface area contributed by atoms with E-state index in [4.69, 9.17) is 10.8 Å². The summed E-state index contributed by atoms with van der Waals surface area (Å²) < 4.78 is 1.97. The number of carboxylic acid groups (broad SMARTS) is 1. The topological polar surface area (TPSA) is 80.6 Å². The standard InChI is InChI=1S/C12H15N3O2S/c1-8-3-2-4-15-5-9(14-11(8)15)6-18-7-10(13)12(16)17/h2-5,10H,6-7,13H2,1H3,(H,16,17)/t10-/m0/s1. The summed E-state index contributed by atoms with van der Waals surface area (Å²) in [5, 5.41) is 8.67. The molecule has 18 heavy (non-hydrogen) atoms. The first-order valence-electron chi connectivity index (χ1n) is 5.57. The Labute approximate surface area is 109 Å². The molecule has 0 spiro atoms. The van der Waals surface area contributed by atoms with Crippen LogP contribution in [0, 0.1) is 6.92 Å². The summed E-state index contributed by atoms with van der Waals surface area (Å²) in [6, 6.07) is 3.18. The van der Waals surface area contributed by atoms with Crippen LogP contribution in [-0.2, 0) is 10.5 Å². The number of aliphatic carboxylic acids is 1. The van der Waals surface area contributed by atoms with Crippen molar-refractivity contribution in [2.24, 2.45) is 5.73 Å². The summed E-state index contributed by atoms with van der Waals surface area (Å²) in [7, 11) is 0. The summed E-state index contributed by atoms with van der Waals surface area (Å²) in [5.41, 5.74) is 8.43. The van der Waals surface area contributed by atoms with Gasteiger partial charge < -0.3 is 15.2 Å². The van der Waals surface area contributed by atoms with Gasteiger partial charge in [0.15, 0.2) is 0 Å². The Morgan fingerprint density at radius 1 is 1.67 bits per heavy atom. The number of thioether (sulfide) groups is 1. The first kappa shape index (κ1) is 12.9. The third-order valence-electron chi connectivity index (χ3n) is 2.59. The predicted molar refractivity (Wildman–Crippen MR) is 71.7 cm³/mol. The Kier molecular flexibility index (Phi) is 3.88. The van der Waals surface area contributed by atoms with E-state index < -0.39 is 12.0 Å². The lowest BCUT2D eigenvalue weighted by atomic mass is 10.3. The number of aromatic nitrogens is 2. The van der Waals surface area contributed by atoms with E-state index >= 15 is 0 Å². The predicted octanol–water partition coefficient (Wildman–Crippen LogP) is 1.29. The van der Waals surface area contributed by atoms with Crippen LogP contribution in [0.2, 0.25) is 0 Å². The normalized spacial score (nSPS) is 12.8. The highest BCUT2D eigenvalue weighted by molar-refractivity contribution is 7.98. The van der Waals surface area contributed by atoms with Gasteiger partial charge in [-0.2, -0.15) is 11.8 Å². The second-order valence-electron chi connectivity index (χ2n) is 4.11. The molecular weight excluding hydrogens is 250 g/mol. The average molecular weight is 265 g/mol. The number of carbonyl (C=O) groups is 1. The highest BCUT2D eigenvalue weighted by Crippen LogP contribution is 2.15. The van der Waals surface area contributed by atoms with E-state index in [1.807, 2.05) is 35.9 Å². The Hall–Kier alpha value is -1.53. The van der Waals surface area contributed by atoms with Crippen LogP contribution in [0.1, 0.15) is 11.3 Å². The summed E-state index contributed by atoms with van der Waals surface area (Å²) in [6.07, 6.45) is 3.91. The van der Waals surface area contributed by atoms with Crippen LogP contribution in [0.4, 0.5) is 0 Å². The van der Waals surface area contributed by atoms with E-state index in [1.54, 1.807) is 0 Å². The summed E-state index contributed by atoms with van der Waals surface area (Å²) in [5.74, 6) is 0.0953. The van der Waals surface area contributed by atoms with Crippen molar-refractivity contribution in [2.75, 3.05) is 5.75 Å². The molecule has 0 radical (unpaired) electrons. The molecule has 0 aromatic carbocycles. The van der Waals surface area contributed by atoms with Gasteiger partial charge in [0.05, 0.1) is 5.69 Å². The van der Waals surface area contributed by atoms with E-state index in [0.717, 1.165) is 16.9 Å². The molecule has 0 unspecified atom stereocenters. The van der Waals surface area contributed by atoms with E-state index in [2.05, 4.69) is 4.98 Å². The molecule has 0 saturated carbocycles. The van der Waals surface area contributed by atoms with E-state index in [-0.39, 0.29) is 0 Å². The van der Waals surface area contributed by atoms with Gasteiger partial charge in [-0.1, -0.05) is 6.07 Å². The number of rotatable bonds is 5. The Morgan fingerprint density at radius 3 is 3.11 bits per heavy atom. The van der Waals surface area contributed by atoms with Gasteiger partial charge in [0.1, 0.15) is 11.7 Å². The maximum absolute atomic E-state index is 10.6. The van der Waals surface area contributed by atoms with E-state index in [0.29, 0.717) is 11.5 Å². The van der Waals surface area contributed by atoms with Crippen LogP contribution in [0.15, 0.2) is 24.5 Å². The van der Waals surface area contributed by atoms with Crippen LogP contribution in [0.5, 0.6) is 0 Å². The number of nitrogens with zero attached hydrogens (tertiary/aromatic N) is 2. The summed E-state index contributed by atoms with van der Waals surface area (Å²) >= 11 is 1.48. The van der Waals surface area contributed by atoms with Crippen molar-refractivity contribution in [3.8, 4) is 0 Å². The van der Waals surface area contributed by atoms with Crippen molar-refractivity contribution in [2.45, 2.75) is 18.7 Å². The molecule has 0 aliphatic heterocycles. The Bertz CT molecular complexity index is 567. The molecule has 0 amide bonds. The van der Waals surface area contributed by atoms with Crippen LogP contribution < -0.4 is 5.73 Å². The minimum atomic E-state index is -0.964. The molecule has 2 rings (SSSR count).